The van der Waals surface area contributed by atoms with Gasteiger partial charge in [-0.05, 0) is 43.2 Å². The average Bonchev–Trinajstić information content (AvgIpc) is 3.03. The van der Waals surface area contributed by atoms with E-state index in [0.717, 1.165) is 21.3 Å². The van der Waals surface area contributed by atoms with Gasteiger partial charge in [0, 0.05) is 13.7 Å². The lowest BCUT2D eigenvalue weighted by Gasteiger charge is -2.06. The minimum Gasteiger partial charge on any atom is -0.465 e. The molecule has 152 valence electrons. The van der Waals surface area contributed by atoms with E-state index in [1.165, 1.54) is 24.0 Å². The molecule has 0 fully saturated rings. The highest BCUT2D eigenvalue weighted by molar-refractivity contribution is 7.16. The number of amides is 1. The Morgan fingerprint density at radius 3 is 2.59 bits per heavy atom. The number of methoxy groups -OCH3 is 2. The summed E-state index contributed by atoms with van der Waals surface area (Å²) in [6.07, 6.45) is 0.248. The number of fused-ring (bicyclic) bond motifs is 1. The second-order valence-corrected chi connectivity index (χ2v) is 7.82. The van der Waals surface area contributed by atoms with Crippen LogP contribution in [0.15, 0.2) is 41.4 Å². The highest BCUT2D eigenvalue weighted by Crippen LogP contribution is 2.20. The third-order valence-electron chi connectivity index (χ3n) is 4.68. The van der Waals surface area contributed by atoms with Crippen molar-refractivity contribution in [1.29, 1.82) is 0 Å². The zero-order valence-corrected chi connectivity index (χ0v) is 17.8. The van der Waals surface area contributed by atoms with Gasteiger partial charge in [0.05, 0.1) is 35.9 Å². The Hall–Kier alpha value is -2.77. The molecule has 0 aliphatic heterocycles. The van der Waals surface area contributed by atoms with Gasteiger partial charge in [-0.3, -0.25) is 4.79 Å². The van der Waals surface area contributed by atoms with Crippen LogP contribution in [0, 0.1) is 13.8 Å². The Bertz CT molecular complexity index is 1130. The Kier molecular flexibility index (Phi) is 6.61. The van der Waals surface area contributed by atoms with Gasteiger partial charge in [-0.1, -0.05) is 35.1 Å². The maximum atomic E-state index is 12.7. The monoisotopic (exact) mass is 412 g/mol. The summed E-state index contributed by atoms with van der Waals surface area (Å²) >= 11 is 1.37. The van der Waals surface area contributed by atoms with Crippen LogP contribution in [-0.4, -0.2) is 37.3 Å². The first-order chi connectivity index (χ1) is 13.9. The van der Waals surface area contributed by atoms with Gasteiger partial charge in [-0.15, -0.1) is 0 Å². The summed E-state index contributed by atoms with van der Waals surface area (Å²) < 4.78 is 12.8. The number of thiazole rings is 1. The summed E-state index contributed by atoms with van der Waals surface area (Å²) in [5.74, 6) is -0.601. The molecule has 0 unspecified atom stereocenters. The number of benzene rings is 2. The number of aromatic nitrogens is 1. The van der Waals surface area contributed by atoms with Crippen LogP contribution in [0.2, 0.25) is 0 Å². The number of aryl methyl sites for hydroxylation is 2. The van der Waals surface area contributed by atoms with E-state index in [2.05, 4.69) is 11.1 Å². The van der Waals surface area contributed by atoms with E-state index in [-0.39, 0.29) is 12.3 Å². The number of rotatable bonds is 6. The van der Waals surface area contributed by atoms with Crippen molar-refractivity contribution in [3.8, 4) is 0 Å². The van der Waals surface area contributed by atoms with Gasteiger partial charge in [0.1, 0.15) is 0 Å². The molecule has 0 radical (unpaired) electrons. The summed E-state index contributed by atoms with van der Waals surface area (Å²) in [7, 11) is 2.98. The SMILES string of the molecule is COCCn1c(=NC(=O)Cc2ccc(C)cc2C)sc2cc(C(=O)OC)ccc21. The smallest absolute Gasteiger partial charge is 0.337 e. The van der Waals surface area contributed by atoms with Crippen LogP contribution < -0.4 is 4.80 Å². The summed E-state index contributed by atoms with van der Waals surface area (Å²) in [5, 5.41) is 0. The maximum Gasteiger partial charge on any atom is 0.337 e. The number of esters is 1. The standard InChI is InChI=1S/C22H24N2O4S/c1-14-5-6-16(15(2)11-14)13-20(25)23-22-24(9-10-27-3)18-8-7-17(21(26)28-4)12-19(18)29-22/h5-8,11-12H,9-10,13H2,1-4H3. The van der Waals surface area contributed by atoms with Gasteiger partial charge < -0.3 is 14.0 Å². The molecule has 3 rings (SSSR count). The second kappa shape index (κ2) is 9.15. The summed E-state index contributed by atoms with van der Waals surface area (Å²) in [5.41, 5.74) is 4.59. The van der Waals surface area contributed by atoms with Crippen molar-refractivity contribution in [2.75, 3.05) is 20.8 Å². The van der Waals surface area contributed by atoms with Crippen molar-refractivity contribution in [3.63, 3.8) is 0 Å². The van der Waals surface area contributed by atoms with Crippen LogP contribution in [0.25, 0.3) is 10.2 Å². The zero-order valence-electron chi connectivity index (χ0n) is 17.0. The molecule has 0 bridgehead atoms. The molecule has 0 atom stereocenters. The van der Waals surface area contributed by atoms with E-state index in [1.807, 2.05) is 36.6 Å². The van der Waals surface area contributed by atoms with Crippen LogP contribution in [0.5, 0.6) is 0 Å². The maximum absolute atomic E-state index is 12.7. The highest BCUT2D eigenvalue weighted by atomic mass is 32.1. The highest BCUT2D eigenvalue weighted by Gasteiger charge is 2.12. The van der Waals surface area contributed by atoms with Crippen molar-refractivity contribution < 1.29 is 19.1 Å². The van der Waals surface area contributed by atoms with E-state index >= 15 is 0 Å². The first-order valence-electron chi connectivity index (χ1n) is 9.27. The largest absolute Gasteiger partial charge is 0.465 e. The molecule has 3 aromatic rings. The molecule has 6 nitrogen and oxygen atoms in total. The Morgan fingerprint density at radius 1 is 1.10 bits per heavy atom. The molecular formula is C22H24N2O4S. The van der Waals surface area contributed by atoms with E-state index in [4.69, 9.17) is 9.47 Å². The summed E-state index contributed by atoms with van der Waals surface area (Å²) in [6, 6.07) is 11.4. The van der Waals surface area contributed by atoms with Crippen molar-refractivity contribution in [2.45, 2.75) is 26.8 Å². The lowest BCUT2D eigenvalue weighted by Crippen LogP contribution is -2.20. The number of hydrogen-bond donors (Lipinski definition) is 0. The molecule has 0 spiro atoms. The molecule has 1 heterocycles. The molecule has 2 aromatic carbocycles. The van der Waals surface area contributed by atoms with Crippen LogP contribution in [0.1, 0.15) is 27.0 Å². The van der Waals surface area contributed by atoms with E-state index in [0.29, 0.717) is 23.5 Å². The predicted molar refractivity (Wildman–Crippen MR) is 113 cm³/mol. The van der Waals surface area contributed by atoms with Gasteiger partial charge >= 0.3 is 5.97 Å². The molecule has 0 aliphatic carbocycles. The third-order valence-corrected chi connectivity index (χ3v) is 5.72. The topological polar surface area (TPSA) is 69.9 Å². The fraction of sp³-hybridized carbons (Fsp3) is 0.318. The molecule has 29 heavy (non-hydrogen) atoms. The fourth-order valence-corrected chi connectivity index (χ4v) is 4.27. The van der Waals surface area contributed by atoms with Crippen LogP contribution >= 0.6 is 11.3 Å². The molecule has 0 saturated heterocycles. The van der Waals surface area contributed by atoms with Crippen molar-refractivity contribution >= 4 is 33.4 Å². The summed E-state index contributed by atoms with van der Waals surface area (Å²) in [6.45, 7) is 5.08. The van der Waals surface area contributed by atoms with Crippen LogP contribution in [-0.2, 0) is 27.2 Å². The molecule has 1 amide bonds. The first kappa shape index (κ1) is 21.0. The number of hydrogen-bond acceptors (Lipinski definition) is 5. The van der Waals surface area contributed by atoms with E-state index in [1.54, 1.807) is 19.2 Å². The minimum absolute atomic E-state index is 0.206. The normalized spacial score (nSPS) is 11.8. The van der Waals surface area contributed by atoms with Gasteiger partial charge in [0.2, 0.25) is 0 Å². The minimum atomic E-state index is -0.395. The Labute approximate surface area is 173 Å². The summed E-state index contributed by atoms with van der Waals surface area (Å²) in [4.78, 5) is 29.5. The van der Waals surface area contributed by atoms with Crippen molar-refractivity contribution in [2.24, 2.45) is 4.99 Å². The number of carbonyl (C=O) groups excluding carboxylic acids is 2. The molecule has 0 aliphatic rings. The number of nitrogens with zero attached hydrogens (tertiary/aromatic N) is 2. The lowest BCUT2D eigenvalue weighted by atomic mass is 10.0. The van der Waals surface area contributed by atoms with Gasteiger partial charge in [-0.25, -0.2) is 4.79 Å². The van der Waals surface area contributed by atoms with Crippen LogP contribution in [0.4, 0.5) is 0 Å². The molecule has 0 saturated carbocycles. The van der Waals surface area contributed by atoms with Gasteiger partial charge in [0.25, 0.3) is 5.91 Å². The van der Waals surface area contributed by atoms with E-state index in [9.17, 15) is 9.59 Å². The Morgan fingerprint density at radius 2 is 1.90 bits per heavy atom. The zero-order chi connectivity index (χ0) is 21.0. The fourth-order valence-electron chi connectivity index (χ4n) is 3.16. The second-order valence-electron chi connectivity index (χ2n) is 6.82. The van der Waals surface area contributed by atoms with Crippen molar-refractivity contribution in [1.82, 2.24) is 4.57 Å². The van der Waals surface area contributed by atoms with Crippen LogP contribution in [0.3, 0.4) is 0 Å². The first-order valence-corrected chi connectivity index (χ1v) is 10.1. The molecule has 1 aromatic heterocycles. The molecule has 0 N–H and O–H groups in total. The quantitative estimate of drug-likeness (QED) is 0.582. The average molecular weight is 413 g/mol. The lowest BCUT2D eigenvalue weighted by molar-refractivity contribution is -0.117. The van der Waals surface area contributed by atoms with Gasteiger partial charge in [-0.2, -0.15) is 4.99 Å². The van der Waals surface area contributed by atoms with E-state index < -0.39 is 5.97 Å². The van der Waals surface area contributed by atoms with Crippen molar-refractivity contribution in [3.05, 3.63) is 63.5 Å². The molecular weight excluding hydrogens is 388 g/mol. The van der Waals surface area contributed by atoms with Gasteiger partial charge in [0.15, 0.2) is 4.80 Å². The number of ether oxygens (including phenoxy) is 2. The Balaban J connectivity index is 2.00. The molecule has 7 heteroatoms. The number of carbonyl (C=O) groups is 2. The third kappa shape index (κ3) is 4.81. The predicted octanol–water partition coefficient (Wildman–Crippen LogP) is 3.42.